The molecule has 5 aromatic rings. The molecule has 0 aliphatic heterocycles. The number of aromatic amines is 1. The molecule has 0 saturated carbocycles. The molecule has 116 valence electrons. The maximum atomic E-state index is 4.67. The molecule has 0 bridgehead atoms. The minimum atomic E-state index is 0.573. The fraction of sp³-hybridized carbons (Fsp3) is 0.0625. The van der Waals surface area contributed by atoms with Gasteiger partial charge in [0.05, 0.1) is 17.9 Å². The average Bonchev–Trinajstić information content (AvgIpc) is 3.32. The summed E-state index contributed by atoms with van der Waals surface area (Å²) in [5, 5.41) is 8.05. The number of fused-ring (bicyclic) bond motifs is 2. The van der Waals surface area contributed by atoms with Crippen LogP contribution < -0.4 is 0 Å². The second kappa shape index (κ2) is 4.72. The molecule has 0 amide bonds. The Labute approximate surface area is 135 Å². The third-order valence-electron chi connectivity index (χ3n) is 4.02. The van der Waals surface area contributed by atoms with Crippen molar-refractivity contribution in [3.8, 4) is 11.6 Å². The normalized spacial score (nSPS) is 11.5. The lowest BCUT2D eigenvalue weighted by atomic mass is 10.2. The largest absolute Gasteiger partial charge is 0.283 e. The smallest absolute Gasteiger partial charge is 0.237 e. The van der Waals surface area contributed by atoms with E-state index >= 15 is 0 Å². The second-order valence-electron chi connectivity index (χ2n) is 5.48. The van der Waals surface area contributed by atoms with Crippen LogP contribution in [-0.2, 0) is 0 Å². The quantitative estimate of drug-likeness (QED) is 0.539. The van der Waals surface area contributed by atoms with Crippen LogP contribution in [0.25, 0.3) is 33.7 Å². The zero-order valence-electron chi connectivity index (χ0n) is 12.7. The highest BCUT2D eigenvalue weighted by molar-refractivity contribution is 5.81. The first-order chi connectivity index (χ1) is 11.8. The summed E-state index contributed by atoms with van der Waals surface area (Å²) in [4.78, 5) is 17.7. The highest BCUT2D eigenvalue weighted by atomic mass is 15.2. The Morgan fingerprint density at radius 2 is 2.00 bits per heavy atom. The molecule has 1 N–H and O–H groups in total. The third kappa shape index (κ3) is 1.83. The summed E-state index contributed by atoms with van der Waals surface area (Å²) in [6.07, 6.45) is 8.85. The topological polar surface area (TPSA) is 90.1 Å². The second-order valence-corrected chi connectivity index (χ2v) is 5.48. The minimum absolute atomic E-state index is 0.573. The lowest BCUT2D eigenvalue weighted by Gasteiger charge is -2.06. The first-order valence-corrected chi connectivity index (χ1v) is 7.43. The lowest BCUT2D eigenvalue weighted by molar-refractivity contribution is 0.887. The van der Waals surface area contributed by atoms with E-state index in [1.807, 2.05) is 40.5 Å². The number of hydrogen-bond acceptors (Lipinski definition) is 5. The van der Waals surface area contributed by atoms with Crippen LogP contribution in [0.2, 0.25) is 0 Å². The van der Waals surface area contributed by atoms with Crippen molar-refractivity contribution in [3.05, 3.63) is 55.1 Å². The number of H-pyrrole nitrogens is 1. The third-order valence-corrected chi connectivity index (χ3v) is 4.02. The number of rotatable bonds is 2. The maximum absolute atomic E-state index is 4.67. The number of nitrogens with zero attached hydrogens (tertiary/aromatic N) is 7. The van der Waals surface area contributed by atoms with E-state index in [9.17, 15) is 0 Å². The van der Waals surface area contributed by atoms with E-state index in [-0.39, 0.29) is 0 Å². The van der Waals surface area contributed by atoms with Gasteiger partial charge in [0.25, 0.3) is 0 Å². The van der Waals surface area contributed by atoms with Gasteiger partial charge in [-0.1, -0.05) is 0 Å². The zero-order chi connectivity index (χ0) is 16.1. The van der Waals surface area contributed by atoms with Gasteiger partial charge in [-0.3, -0.25) is 14.2 Å². The fourth-order valence-corrected chi connectivity index (χ4v) is 2.77. The van der Waals surface area contributed by atoms with Crippen LogP contribution in [0.15, 0.2) is 49.3 Å². The molecule has 4 heterocycles. The van der Waals surface area contributed by atoms with Gasteiger partial charge in [0.15, 0.2) is 5.65 Å². The molecule has 8 heteroatoms. The van der Waals surface area contributed by atoms with E-state index < -0.39 is 0 Å². The molecule has 24 heavy (non-hydrogen) atoms. The van der Waals surface area contributed by atoms with Crippen LogP contribution in [0.4, 0.5) is 0 Å². The van der Waals surface area contributed by atoms with Crippen molar-refractivity contribution in [2.24, 2.45) is 0 Å². The Morgan fingerprint density at radius 3 is 2.88 bits per heavy atom. The molecule has 1 aromatic carbocycles. The summed E-state index contributed by atoms with van der Waals surface area (Å²) >= 11 is 0. The first kappa shape index (κ1) is 12.9. The molecule has 5 rings (SSSR count). The number of aryl methyl sites for hydroxylation is 1. The van der Waals surface area contributed by atoms with E-state index in [0.717, 1.165) is 33.6 Å². The SMILES string of the molecule is Cc1nccn1-c1ncc2ncn(-c3ccc4[nH]ncc4c3)c2n1. The van der Waals surface area contributed by atoms with Crippen LogP contribution in [0.3, 0.4) is 0 Å². The lowest BCUT2D eigenvalue weighted by Crippen LogP contribution is -2.03. The van der Waals surface area contributed by atoms with Crippen molar-refractivity contribution in [1.82, 2.24) is 39.3 Å². The number of benzene rings is 1. The van der Waals surface area contributed by atoms with Gasteiger partial charge >= 0.3 is 0 Å². The molecule has 0 unspecified atom stereocenters. The summed E-state index contributed by atoms with van der Waals surface area (Å²) in [5.41, 5.74) is 3.45. The highest BCUT2D eigenvalue weighted by Gasteiger charge is 2.11. The van der Waals surface area contributed by atoms with Gasteiger partial charge in [0.2, 0.25) is 5.95 Å². The van der Waals surface area contributed by atoms with Gasteiger partial charge in [0, 0.05) is 23.5 Å². The molecular weight excluding hydrogens is 304 g/mol. The molecule has 0 aliphatic carbocycles. The van der Waals surface area contributed by atoms with Crippen LogP contribution in [0, 0.1) is 6.92 Å². The van der Waals surface area contributed by atoms with Crippen molar-refractivity contribution in [2.75, 3.05) is 0 Å². The molecule has 0 atom stereocenters. The van der Waals surface area contributed by atoms with Crippen molar-refractivity contribution < 1.29 is 0 Å². The van der Waals surface area contributed by atoms with E-state index in [1.165, 1.54) is 0 Å². The monoisotopic (exact) mass is 316 g/mol. The average molecular weight is 316 g/mol. The molecule has 0 saturated heterocycles. The van der Waals surface area contributed by atoms with Gasteiger partial charge in [-0.05, 0) is 25.1 Å². The molecule has 0 fully saturated rings. The number of aromatic nitrogens is 8. The van der Waals surface area contributed by atoms with Crippen molar-refractivity contribution in [3.63, 3.8) is 0 Å². The number of hydrogen-bond donors (Lipinski definition) is 1. The Hall–Kier alpha value is -3.55. The number of nitrogens with one attached hydrogen (secondary N) is 1. The Morgan fingerprint density at radius 1 is 1.04 bits per heavy atom. The predicted molar refractivity (Wildman–Crippen MR) is 88.2 cm³/mol. The van der Waals surface area contributed by atoms with Gasteiger partial charge in [0.1, 0.15) is 17.7 Å². The van der Waals surface area contributed by atoms with Crippen LogP contribution in [0.5, 0.6) is 0 Å². The number of imidazole rings is 2. The van der Waals surface area contributed by atoms with E-state index in [2.05, 4.69) is 30.1 Å². The molecule has 0 spiro atoms. The van der Waals surface area contributed by atoms with Crippen LogP contribution in [0.1, 0.15) is 5.82 Å². The molecule has 4 aromatic heterocycles. The predicted octanol–water partition coefficient (Wildman–Crippen LogP) is 2.19. The standard InChI is InChI=1S/C16H12N8/c1-10-17-4-5-23(10)16-18-8-14-15(21-16)24(9-19-14)12-2-3-13-11(6-12)7-20-22-13/h2-9H,1H3,(H,20,22). The van der Waals surface area contributed by atoms with Crippen LogP contribution >= 0.6 is 0 Å². The Balaban J connectivity index is 1.72. The Bertz CT molecular complexity index is 1180. The minimum Gasteiger partial charge on any atom is -0.283 e. The zero-order valence-corrected chi connectivity index (χ0v) is 12.7. The molecule has 0 aliphatic rings. The van der Waals surface area contributed by atoms with Crippen LogP contribution in [-0.4, -0.2) is 39.3 Å². The fourth-order valence-electron chi connectivity index (χ4n) is 2.77. The van der Waals surface area contributed by atoms with E-state index in [0.29, 0.717) is 5.95 Å². The summed E-state index contributed by atoms with van der Waals surface area (Å²) < 4.78 is 3.79. The summed E-state index contributed by atoms with van der Waals surface area (Å²) in [6, 6.07) is 6.04. The van der Waals surface area contributed by atoms with Gasteiger partial charge in [-0.15, -0.1) is 0 Å². The van der Waals surface area contributed by atoms with E-state index in [1.54, 1.807) is 24.9 Å². The van der Waals surface area contributed by atoms with Gasteiger partial charge < -0.3 is 0 Å². The van der Waals surface area contributed by atoms with Gasteiger partial charge in [-0.2, -0.15) is 10.1 Å². The summed E-state index contributed by atoms with van der Waals surface area (Å²) in [5.74, 6) is 1.41. The first-order valence-electron chi connectivity index (χ1n) is 7.43. The van der Waals surface area contributed by atoms with Crippen molar-refractivity contribution in [1.29, 1.82) is 0 Å². The maximum Gasteiger partial charge on any atom is 0.237 e. The van der Waals surface area contributed by atoms with Crippen molar-refractivity contribution >= 4 is 22.1 Å². The summed E-state index contributed by atoms with van der Waals surface area (Å²) in [7, 11) is 0. The van der Waals surface area contributed by atoms with E-state index in [4.69, 9.17) is 0 Å². The van der Waals surface area contributed by atoms with Crippen molar-refractivity contribution in [2.45, 2.75) is 6.92 Å². The molecular formula is C16H12N8. The van der Waals surface area contributed by atoms with Gasteiger partial charge in [-0.25, -0.2) is 15.0 Å². The molecule has 8 nitrogen and oxygen atoms in total. The molecule has 0 radical (unpaired) electrons. The highest BCUT2D eigenvalue weighted by Crippen LogP contribution is 2.20. The Kier molecular flexibility index (Phi) is 2.55. The summed E-state index contributed by atoms with van der Waals surface area (Å²) in [6.45, 7) is 1.91.